The number of hydrogen-bond acceptors (Lipinski definition) is 2. The SMILES string of the molecule is c1ccc([Si](c2ccccc2)(c2cccc(-n3c4cc5c(cc4c4cccnc43)Pc3ccccc3[Si]5(c3ccccc3)c3ccccc3)c2)c2ccc3c4ccccc4n4ccnc4c3c2)cc1. The van der Waals surface area contributed by atoms with E-state index in [0.717, 1.165) is 33.3 Å². The second-order valence-corrected chi connectivity index (χ2v) is 27.1. The lowest BCUT2D eigenvalue weighted by molar-refractivity contribution is 1.14. The van der Waals surface area contributed by atoms with Crippen LogP contribution in [-0.4, -0.2) is 35.1 Å². The van der Waals surface area contributed by atoms with Crippen molar-refractivity contribution in [3.05, 3.63) is 255 Å². The molecule has 4 aromatic heterocycles. The fraction of sp³-hybridized carbons (Fsp3) is 0. The van der Waals surface area contributed by atoms with E-state index in [1.54, 1.807) is 0 Å². The van der Waals surface area contributed by atoms with Crippen molar-refractivity contribution in [1.29, 1.82) is 0 Å². The third kappa shape index (κ3) is 5.84. The van der Waals surface area contributed by atoms with E-state index in [0.29, 0.717) is 8.58 Å². The first kappa shape index (κ1) is 40.1. The van der Waals surface area contributed by atoms with Crippen molar-refractivity contribution in [2.75, 3.05) is 0 Å². The molecule has 9 aromatic carbocycles. The molecule has 0 amide bonds. The Morgan fingerprint density at radius 3 is 1.75 bits per heavy atom. The molecular weight excluding hydrogens is 888 g/mol. The molecule has 0 radical (unpaired) electrons. The fourth-order valence-electron chi connectivity index (χ4n) is 12.0. The molecule has 13 aromatic rings. The Balaban J connectivity index is 1.07. The van der Waals surface area contributed by atoms with E-state index >= 15 is 0 Å². The first-order valence-electron chi connectivity index (χ1n) is 23.6. The number of rotatable bonds is 7. The first-order valence-corrected chi connectivity index (χ1v) is 28.6. The predicted octanol–water partition coefficient (Wildman–Crippen LogP) is 7.83. The molecule has 7 heteroatoms. The van der Waals surface area contributed by atoms with E-state index in [4.69, 9.17) is 9.97 Å². The van der Waals surface area contributed by atoms with Crippen molar-refractivity contribution in [2.45, 2.75) is 0 Å². The van der Waals surface area contributed by atoms with Crippen LogP contribution in [-0.2, 0) is 0 Å². The summed E-state index contributed by atoms with van der Waals surface area (Å²) >= 11 is 0. The van der Waals surface area contributed by atoms with Crippen LogP contribution < -0.4 is 52.1 Å². The van der Waals surface area contributed by atoms with E-state index in [1.165, 1.54) is 73.8 Å². The van der Waals surface area contributed by atoms with Gasteiger partial charge < -0.3 is 0 Å². The van der Waals surface area contributed by atoms with Crippen LogP contribution in [0.4, 0.5) is 0 Å². The standard InChI is InChI=1S/C62H43N4PSi2/c1-5-20-44(21-6-1)68(45-22-7-2-8-23-45,49-34-35-50-51-29-13-14-31-55(51)65-38-37-64-61(65)54(50)40-49)48-28-17-19-43(39-48)66-56-42-60-58(41-53(56)52-30-18-36-63-62(52)66)67-57-32-15-16-33-59(57)69(60,46-24-9-3-10-25-46)47-26-11-4-12-27-47/h1-42,67H. The Bertz CT molecular complexity index is 4040. The summed E-state index contributed by atoms with van der Waals surface area (Å²) in [5, 5.41) is 19.8. The highest BCUT2D eigenvalue weighted by Gasteiger charge is 2.47. The minimum atomic E-state index is -3.07. The molecule has 324 valence electrons. The maximum Gasteiger partial charge on any atom is 0.180 e. The lowest BCUT2D eigenvalue weighted by Crippen LogP contribution is -2.80. The van der Waals surface area contributed by atoms with Gasteiger partial charge >= 0.3 is 0 Å². The van der Waals surface area contributed by atoms with E-state index in [9.17, 15) is 0 Å². The zero-order valence-electron chi connectivity index (χ0n) is 37.5. The molecule has 1 aliphatic heterocycles. The van der Waals surface area contributed by atoms with Crippen molar-refractivity contribution >= 4 is 126 Å². The average molecular weight is 931 g/mol. The highest BCUT2D eigenvalue weighted by atomic mass is 31.1. The molecule has 69 heavy (non-hydrogen) atoms. The molecule has 0 saturated heterocycles. The smallest absolute Gasteiger partial charge is 0.180 e. The Labute approximate surface area is 403 Å². The number of aromatic nitrogens is 4. The summed E-state index contributed by atoms with van der Waals surface area (Å²) in [6.07, 6.45) is 5.97. The van der Waals surface area contributed by atoms with E-state index in [2.05, 4.69) is 252 Å². The van der Waals surface area contributed by atoms with E-state index < -0.39 is 16.1 Å². The van der Waals surface area contributed by atoms with Crippen molar-refractivity contribution in [3.8, 4) is 5.69 Å². The average Bonchev–Trinajstić information content (AvgIpc) is 4.05. The molecular formula is C62H43N4PSi2. The highest BCUT2D eigenvalue weighted by molar-refractivity contribution is 7.59. The largest absolute Gasteiger partial charge is 0.299 e. The number of nitrogens with zero attached hydrogens (tertiary/aromatic N) is 4. The van der Waals surface area contributed by atoms with Crippen molar-refractivity contribution in [3.63, 3.8) is 0 Å². The highest BCUT2D eigenvalue weighted by Crippen LogP contribution is 2.34. The summed E-state index contributed by atoms with van der Waals surface area (Å²) < 4.78 is 4.71. The van der Waals surface area contributed by atoms with Gasteiger partial charge in [-0.3, -0.25) is 8.97 Å². The van der Waals surface area contributed by atoms with Crippen molar-refractivity contribution < 1.29 is 0 Å². The van der Waals surface area contributed by atoms with Gasteiger partial charge in [-0.15, -0.1) is 0 Å². The lowest BCUT2D eigenvalue weighted by atomic mass is 10.1. The summed E-state index contributed by atoms with van der Waals surface area (Å²) in [6.45, 7) is 0. The number of pyridine rings is 2. The zero-order valence-corrected chi connectivity index (χ0v) is 40.5. The molecule has 0 spiro atoms. The Morgan fingerprint density at radius 1 is 0.377 bits per heavy atom. The van der Waals surface area contributed by atoms with Gasteiger partial charge in [0, 0.05) is 45.8 Å². The molecule has 0 aliphatic carbocycles. The summed E-state index contributed by atoms with van der Waals surface area (Å²) in [5.74, 6) is 0. The minimum absolute atomic E-state index is 0.540. The Hall–Kier alpha value is -8.00. The van der Waals surface area contributed by atoms with Crippen LogP contribution >= 0.6 is 8.58 Å². The lowest BCUT2D eigenvalue weighted by Gasteiger charge is -2.40. The van der Waals surface area contributed by atoms with Crippen LogP contribution in [0.1, 0.15) is 0 Å². The number of para-hydroxylation sites is 1. The molecule has 0 N–H and O–H groups in total. The Kier molecular flexibility index (Phi) is 9.18. The van der Waals surface area contributed by atoms with E-state index in [1.807, 2.05) is 12.4 Å². The first-order chi connectivity index (χ1) is 34.2. The van der Waals surface area contributed by atoms with Crippen molar-refractivity contribution in [2.24, 2.45) is 0 Å². The van der Waals surface area contributed by atoms with Gasteiger partial charge in [0.2, 0.25) is 0 Å². The minimum Gasteiger partial charge on any atom is -0.299 e. The number of benzene rings is 9. The van der Waals surface area contributed by atoms with Gasteiger partial charge in [-0.2, -0.15) is 0 Å². The van der Waals surface area contributed by atoms with Crippen LogP contribution in [0, 0.1) is 0 Å². The predicted molar refractivity (Wildman–Crippen MR) is 297 cm³/mol. The number of fused-ring (bicyclic) bond motifs is 11. The van der Waals surface area contributed by atoms with Gasteiger partial charge in [-0.1, -0.05) is 203 Å². The number of hydrogen-bond donors (Lipinski definition) is 0. The molecule has 5 heterocycles. The quantitative estimate of drug-likeness (QED) is 0.0708. The molecule has 0 fully saturated rings. The second kappa shape index (κ2) is 15.8. The van der Waals surface area contributed by atoms with Gasteiger partial charge in [-0.25, -0.2) is 9.97 Å². The van der Waals surface area contributed by atoms with Gasteiger partial charge in [0.1, 0.15) is 11.3 Å². The molecule has 1 unspecified atom stereocenters. The van der Waals surface area contributed by atoms with Crippen LogP contribution in [0.15, 0.2) is 255 Å². The maximum absolute atomic E-state index is 5.24. The number of imidazole rings is 1. The summed E-state index contributed by atoms with van der Waals surface area (Å²) in [7, 11) is -5.35. The van der Waals surface area contributed by atoms with Crippen LogP contribution in [0.5, 0.6) is 0 Å². The maximum atomic E-state index is 5.24. The van der Waals surface area contributed by atoms with Crippen LogP contribution in [0.3, 0.4) is 0 Å². The van der Waals surface area contributed by atoms with Gasteiger partial charge in [-0.05, 0) is 100.0 Å². The summed E-state index contributed by atoms with van der Waals surface area (Å²) in [6, 6.07) is 89.3. The Morgan fingerprint density at radius 2 is 1.00 bits per heavy atom. The molecule has 0 bridgehead atoms. The van der Waals surface area contributed by atoms with Crippen molar-refractivity contribution in [1.82, 2.24) is 18.9 Å². The second-order valence-electron chi connectivity index (χ2n) is 18.2. The van der Waals surface area contributed by atoms with Gasteiger partial charge in [0.15, 0.2) is 16.1 Å². The van der Waals surface area contributed by atoms with Gasteiger partial charge in [0.25, 0.3) is 0 Å². The van der Waals surface area contributed by atoms with Crippen LogP contribution in [0.2, 0.25) is 0 Å². The van der Waals surface area contributed by atoms with E-state index in [-0.39, 0.29) is 0 Å². The normalized spacial score (nSPS) is 13.6. The third-order valence-corrected chi connectivity index (χ3v) is 26.3. The van der Waals surface area contributed by atoms with Gasteiger partial charge in [0.05, 0.1) is 11.0 Å². The molecule has 1 aliphatic rings. The monoisotopic (exact) mass is 930 g/mol. The third-order valence-electron chi connectivity index (χ3n) is 14.8. The molecule has 14 rings (SSSR count). The summed E-state index contributed by atoms with van der Waals surface area (Å²) in [4.78, 5) is 10.2. The molecule has 1 atom stereocenters. The topological polar surface area (TPSA) is 35.1 Å². The zero-order chi connectivity index (χ0) is 45.5. The molecule has 0 saturated carbocycles. The van der Waals surface area contributed by atoms with Crippen LogP contribution in [0.25, 0.3) is 54.9 Å². The fourth-order valence-corrected chi connectivity index (χ4v) is 24.3. The summed E-state index contributed by atoms with van der Waals surface area (Å²) in [5.41, 5.74) is 5.37. The molecule has 4 nitrogen and oxygen atoms in total.